The van der Waals surface area contributed by atoms with Crippen LogP contribution in [0, 0.1) is 0 Å². The number of aliphatic hydroxyl groups is 1. The van der Waals surface area contributed by atoms with Gasteiger partial charge in [-0.15, -0.1) is 23.1 Å². The van der Waals surface area contributed by atoms with Crippen LogP contribution in [-0.4, -0.2) is 41.1 Å². The van der Waals surface area contributed by atoms with Crippen molar-refractivity contribution in [3.05, 3.63) is 34.0 Å². The quantitative estimate of drug-likeness (QED) is 0.868. The summed E-state index contributed by atoms with van der Waals surface area (Å²) >= 11 is 5.21. The number of benzene rings is 1. The van der Waals surface area contributed by atoms with Gasteiger partial charge in [-0.25, -0.2) is 0 Å². The van der Waals surface area contributed by atoms with Crippen LogP contribution in [0.25, 0.3) is 15.8 Å². The number of aliphatic hydroxyl groups excluding tert-OH is 1. The maximum absolute atomic E-state index is 9.67. The summed E-state index contributed by atoms with van der Waals surface area (Å²) in [7, 11) is 0. The Morgan fingerprint density at radius 2 is 2.33 bits per heavy atom. The van der Waals surface area contributed by atoms with E-state index < -0.39 is 0 Å². The van der Waals surface area contributed by atoms with Gasteiger partial charge in [0.2, 0.25) is 0 Å². The highest BCUT2D eigenvalue weighted by Gasteiger charge is 2.33. The SMILES string of the molecule is CSc1cccc2cc(C3=C(CO)SC4=NCCN43)sc12. The smallest absolute Gasteiger partial charge is 0.168 e. The molecule has 2 aromatic rings. The molecule has 0 amide bonds. The van der Waals surface area contributed by atoms with Crippen molar-refractivity contribution in [3.8, 4) is 0 Å². The Morgan fingerprint density at radius 3 is 3.14 bits per heavy atom. The van der Waals surface area contributed by atoms with Crippen molar-refractivity contribution in [2.75, 3.05) is 26.0 Å². The zero-order valence-electron chi connectivity index (χ0n) is 11.5. The van der Waals surface area contributed by atoms with Crippen LogP contribution >= 0.6 is 34.9 Å². The standard InChI is InChI=1S/C15H14N2OS3/c1-19-10-4-2-3-9-7-11(20-14(9)10)13-12(8-18)21-15-16-5-6-17(13)15/h2-4,7,18H,5-6,8H2,1H3. The van der Waals surface area contributed by atoms with Gasteiger partial charge >= 0.3 is 0 Å². The Balaban J connectivity index is 1.87. The zero-order chi connectivity index (χ0) is 14.4. The Morgan fingerprint density at radius 1 is 1.43 bits per heavy atom. The summed E-state index contributed by atoms with van der Waals surface area (Å²) in [5.41, 5.74) is 1.16. The van der Waals surface area contributed by atoms with Gasteiger partial charge in [0.15, 0.2) is 5.17 Å². The molecule has 4 rings (SSSR count). The Hall–Kier alpha value is -0.950. The first kappa shape index (κ1) is 13.7. The lowest BCUT2D eigenvalue weighted by Crippen LogP contribution is -2.19. The topological polar surface area (TPSA) is 35.8 Å². The fraction of sp³-hybridized carbons (Fsp3) is 0.267. The van der Waals surface area contributed by atoms with Crippen LogP contribution in [0.2, 0.25) is 0 Å². The normalized spacial score (nSPS) is 17.8. The van der Waals surface area contributed by atoms with Crippen molar-refractivity contribution in [2.24, 2.45) is 4.99 Å². The lowest BCUT2D eigenvalue weighted by Gasteiger charge is -2.15. The molecular weight excluding hydrogens is 320 g/mol. The predicted molar refractivity (Wildman–Crippen MR) is 94.2 cm³/mol. The second kappa shape index (κ2) is 5.35. The van der Waals surface area contributed by atoms with E-state index in [2.05, 4.69) is 40.4 Å². The van der Waals surface area contributed by atoms with E-state index in [-0.39, 0.29) is 6.61 Å². The summed E-state index contributed by atoms with van der Waals surface area (Å²) in [5.74, 6) is 0. The molecule has 108 valence electrons. The van der Waals surface area contributed by atoms with E-state index in [9.17, 15) is 5.11 Å². The molecule has 3 heterocycles. The van der Waals surface area contributed by atoms with Gasteiger partial charge in [0.25, 0.3) is 0 Å². The van der Waals surface area contributed by atoms with Crippen molar-refractivity contribution in [2.45, 2.75) is 4.90 Å². The monoisotopic (exact) mass is 334 g/mol. The largest absolute Gasteiger partial charge is 0.391 e. The molecule has 0 bridgehead atoms. The Kier molecular flexibility index (Phi) is 3.49. The number of fused-ring (bicyclic) bond motifs is 2. The maximum Gasteiger partial charge on any atom is 0.168 e. The Bertz CT molecular complexity index is 778. The molecule has 2 aliphatic heterocycles. The van der Waals surface area contributed by atoms with E-state index >= 15 is 0 Å². The summed E-state index contributed by atoms with van der Waals surface area (Å²) in [6.07, 6.45) is 2.11. The number of nitrogens with zero attached hydrogens (tertiary/aromatic N) is 2. The van der Waals surface area contributed by atoms with Gasteiger partial charge in [0, 0.05) is 21.0 Å². The van der Waals surface area contributed by atoms with Crippen LogP contribution in [0.4, 0.5) is 0 Å². The first-order valence-corrected chi connectivity index (χ1v) is 9.58. The minimum Gasteiger partial charge on any atom is -0.391 e. The van der Waals surface area contributed by atoms with Gasteiger partial charge in [-0.2, -0.15) is 0 Å². The second-order valence-corrected chi connectivity index (χ2v) is 7.80. The molecular formula is C15H14N2OS3. The summed E-state index contributed by atoms with van der Waals surface area (Å²) in [4.78, 5) is 10.3. The minimum atomic E-state index is 0.0825. The van der Waals surface area contributed by atoms with Crippen LogP contribution in [0.5, 0.6) is 0 Å². The van der Waals surface area contributed by atoms with Crippen molar-refractivity contribution < 1.29 is 5.11 Å². The second-order valence-electron chi connectivity index (χ2n) is 4.84. The minimum absolute atomic E-state index is 0.0825. The number of amidine groups is 1. The van der Waals surface area contributed by atoms with Crippen molar-refractivity contribution in [3.63, 3.8) is 0 Å². The zero-order valence-corrected chi connectivity index (χ0v) is 13.9. The molecule has 0 fully saturated rings. The number of rotatable bonds is 3. The van der Waals surface area contributed by atoms with Gasteiger partial charge in [0.1, 0.15) is 0 Å². The number of hydrogen-bond acceptors (Lipinski definition) is 6. The average Bonchev–Trinajstić information content (AvgIpc) is 3.18. The van der Waals surface area contributed by atoms with E-state index in [1.807, 2.05) is 11.3 Å². The molecule has 0 saturated carbocycles. The molecule has 1 N–H and O–H groups in total. The summed E-state index contributed by atoms with van der Waals surface area (Å²) in [6.45, 7) is 1.86. The van der Waals surface area contributed by atoms with Gasteiger partial charge in [-0.05, 0) is 23.8 Å². The number of thiophene rings is 1. The first-order chi connectivity index (χ1) is 10.3. The van der Waals surface area contributed by atoms with Gasteiger partial charge in [0.05, 0.1) is 23.7 Å². The van der Waals surface area contributed by atoms with Crippen molar-refractivity contribution in [1.29, 1.82) is 0 Å². The van der Waals surface area contributed by atoms with E-state index in [1.165, 1.54) is 19.9 Å². The van der Waals surface area contributed by atoms with E-state index in [1.54, 1.807) is 23.5 Å². The van der Waals surface area contributed by atoms with E-state index in [0.717, 1.165) is 28.9 Å². The highest BCUT2D eigenvalue weighted by Crippen LogP contribution is 2.45. The van der Waals surface area contributed by atoms with Crippen LogP contribution < -0.4 is 0 Å². The van der Waals surface area contributed by atoms with Crippen LogP contribution in [0.1, 0.15) is 4.88 Å². The summed E-state index contributed by atoms with van der Waals surface area (Å²) in [6, 6.07) is 8.68. The van der Waals surface area contributed by atoms with E-state index in [0.29, 0.717) is 0 Å². The van der Waals surface area contributed by atoms with Crippen LogP contribution in [0.15, 0.2) is 39.1 Å². The third kappa shape index (κ3) is 2.12. The lowest BCUT2D eigenvalue weighted by molar-refractivity contribution is 0.339. The molecule has 21 heavy (non-hydrogen) atoms. The maximum atomic E-state index is 9.67. The summed E-state index contributed by atoms with van der Waals surface area (Å²) < 4.78 is 1.33. The van der Waals surface area contributed by atoms with Gasteiger partial charge in [-0.1, -0.05) is 23.9 Å². The molecule has 1 aromatic heterocycles. The molecule has 0 unspecified atom stereocenters. The highest BCUT2D eigenvalue weighted by molar-refractivity contribution is 8.17. The molecule has 6 heteroatoms. The predicted octanol–water partition coefficient (Wildman–Crippen LogP) is 3.70. The number of aliphatic imine (C=N–C) groups is 1. The third-order valence-electron chi connectivity index (χ3n) is 3.65. The van der Waals surface area contributed by atoms with Gasteiger partial charge < -0.3 is 10.0 Å². The first-order valence-electron chi connectivity index (χ1n) is 6.72. The molecule has 0 saturated heterocycles. The van der Waals surface area contributed by atoms with Crippen LogP contribution in [0.3, 0.4) is 0 Å². The van der Waals surface area contributed by atoms with Gasteiger partial charge in [-0.3, -0.25) is 4.99 Å². The molecule has 0 radical (unpaired) electrons. The fourth-order valence-corrected chi connectivity index (χ4v) is 5.88. The fourth-order valence-electron chi connectivity index (χ4n) is 2.72. The molecule has 0 spiro atoms. The van der Waals surface area contributed by atoms with Crippen molar-refractivity contribution >= 4 is 55.8 Å². The third-order valence-corrected chi connectivity index (χ3v) is 6.86. The molecule has 2 aliphatic rings. The molecule has 3 nitrogen and oxygen atoms in total. The molecule has 0 atom stereocenters. The lowest BCUT2D eigenvalue weighted by atomic mass is 10.2. The average molecular weight is 334 g/mol. The Labute approximate surface area is 135 Å². The molecule has 0 aliphatic carbocycles. The van der Waals surface area contributed by atoms with Crippen LogP contribution in [-0.2, 0) is 0 Å². The van der Waals surface area contributed by atoms with Crippen molar-refractivity contribution in [1.82, 2.24) is 4.90 Å². The highest BCUT2D eigenvalue weighted by atomic mass is 32.2. The molecule has 1 aromatic carbocycles. The number of thioether (sulfide) groups is 2. The summed E-state index contributed by atoms with van der Waals surface area (Å²) in [5, 5.41) is 12.0. The number of hydrogen-bond donors (Lipinski definition) is 1. The van der Waals surface area contributed by atoms with E-state index in [4.69, 9.17) is 0 Å².